The number of piperidine rings is 1. The maximum atomic E-state index is 13.8. The first kappa shape index (κ1) is 21.8. The van der Waals surface area contributed by atoms with Gasteiger partial charge >= 0.3 is 5.97 Å². The molecule has 0 bridgehead atoms. The fraction of sp³-hybridized carbons (Fsp3) is 0.550. The number of nitrogens with one attached hydrogen (secondary N) is 1. The van der Waals surface area contributed by atoms with Crippen LogP contribution in [0, 0.1) is 17.6 Å². The van der Waals surface area contributed by atoms with E-state index in [-0.39, 0.29) is 24.6 Å². The summed E-state index contributed by atoms with van der Waals surface area (Å²) in [4.78, 5) is 38.2. The molecular weight excluding hydrogens is 370 g/mol. The van der Waals surface area contributed by atoms with E-state index < -0.39 is 41.1 Å². The molecule has 0 saturated carbocycles. The maximum Gasteiger partial charge on any atom is 0.309 e. The molecule has 1 aliphatic heterocycles. The van der Waals surface area contributed by atoms with E-state index in [0.29, 0.717) is 18.9 Å². The highest BCUT2D eigenvalue weighted by atomic mass is 19.1. The summed E-state index contributed by atoms with van der Waals surface area (Å²) < 4.78 is 32.1. The highest BCUT2D eigenvalue weighted by Crippen LogP contribution is 2.22. The Hall–Kier alpha value is -2.51. The summed E-state index contributed by atoms with van der Waals surface area (Å²) in [6.45, 7) is 7.49. The van der Waals surface area contributed by atoms with E-state index in [9.17, 15) is 23.2 Å². The third kappa shape index (κ3) is 5.74. The summed E-state index contributed by atoms with van der Waals surface area (Å²) in [7, 11) is 0. The number of carbonyl (C=O) groups excluding carboxylic acids is 3. The predicted octanol–water partition coefficient (Wildman–Crippen LogP) is 2.66. The van der Waals surface area contributed by atoms with Crippen LogP contribution in [-0.2, 0) is 14.3 Å². The van der Waals surface area contributed by atoms with E-state index in [1.165, 1.54) is 11.8 Å². The van der Waals surface area contributed by atoms with Gasteiger partial charge in [0.05, 0.1) is 11.5 Å². The number of amides is 2. The zero-order chi connectivity index (χ0) is 21.1. The molecule has 0 aliphatic carbocycles. The highest BCUT2D eigenvalue weighted by molar-refractivity contribution is 5.94. The van der Waals surface area contributed by atoms with E-state index >= 15 is 0 Å². The monoisotopic (exact) mass is 396 g/mol. The minimum Gasteiger partial charge on any atom is -0.452 e. The minimum absolute atomic E-state index is 0.199. The van der Waals surface area contributed by atoms with Crippen molar-refractivity contribution in [2.75, 3.05) is 13.1 Å². The molecule has 154 valence electrons. The molecule has 1 atom stereocenters. The van der Waals surface area contributed by atoms with Crippen molar-refractivity contribution in [2.45, 2.75) is 52.2 Å². The SMILES string of the molecule is CC(OC(=O)C1CCN(C(=O)c2ccc(F)cc2F)CC1)C(=O)NC(C)(C)C. The zero-order valence-corrected chi connectivity index (χ0v) is 16.6. The first-order valence-corrected chi connectivity index (χ1v) is 9.25. The Morgan fingerprint density at radius 2 is 1.79 bits per heavy atom. The van der Waals surface area contributed by atoms with Crippen LogP contribution in [0.2, 0.25) is 0 Å². The molecule has 0 spiro atoms. The summed E-state index contributed by atoms with van der Waals surface area (Å²) in [6, 6.07) is 2.81. The van der Waals surface area contributed by atoms with E-state index in [4.69, 9.17) is 4.74 Å². The predicted molar refractivity (Wildman–Crippen MR) is 98.4 cm³/mol. The van der Waals surface area contributed by atoms with Gasteiger partial charge in [0.25, 0.3) is 11.8 Å². The number of ether oxygens (including phenoxy) is 1. The van der Waals surface area contributed by atoms with Crippen LogP contribution in [0.3, 0.4) is 0 Å². The van der Waals surface area contributed by atoms with Crippen molar-refractivity contribution in [1.29, 1.82) is 0 Å². The molecule has 1 N–H and O–H groups in total. The topological polar surface area (TPSA) is 75.7 Å². The van der Waals surface area contributed by atoms with Crippen LogP contribution < -0.4 is 5.32 Å². The number of hydrogen-bond acceptors (Lipinski definition) is 4. The molecular formula is C20H26F2N2O4. The molecule has 0 radical (unpaired) electrons. The smallest absolute Gasteiger partial charge is 0.309 e. The fourth-order valence-corrected chi connectivity index (χ4v) is 2.95. The van der Waals surface area contributed by atoms with E-state index in [2.05, 4.69) is 5.32 Å². The number of hydrogen-bond donors (Lipinski definition) is 1. The number of halogens is 2. The second kappa shape index (κ2) is 8.67. The molecule has 1 aromatic carbocycles. The Balaban J connectivity index is 1.88. The van der Waals surface area contributed by atoms with Crippen molar-refractivity contribution < 1.29 is 27.9 Å². The lowest BCUT2D eigenvalue weighted by molar-refractivity contribution is -0.160. The van der Waals surface area contributed by atoms with Crippen LogP contribution >= 0.6 is 0 Å². The fourth-order valence-electron chi connectivity index (χ4n) is 2.95. The third-order valence-electron chi connectivity index (χ3n) is 4.44. The van der Waals surface area contributed by atoms with Crippen molar-refractivity contribution >= 4 is 17.8 Å². The van der Waals surface area contributed by atoms with Crippen LogP contribution in [0.5, 0.6) is 0 Å². The van der Waals surface area contributed by atoms with Crippen LogP contribution in [0.25, 0.3) is 0 Å². The number of esters is 1. The summed E-state index contributed by atoms with van der Waals surface area (Å²) in [5.41, 5.74) is -0.631. The van der Waals surface area contributed by atoms with Crippen molar-refractivity contribution in [3.05, 3.63) is 35.4 Å². The largest absolute Gasteiger partial charge is 0.452 e. The standard InChI is InChI=1S/C20H26F2N2O4/c1-12(17(25)23-20(2,3)4)28-19(27)13-7-9-24(10-8-13)18(26)15-6-5-14(21)11-16(15)22/h5-6,11-13H,7-10H2,1-4H3,(H,23,25). The molecule has 1 heterocycles. The summed E-state index contributed by atoms with van der Waals surface area (Å²) >= 11 is 0. The maximum absolute atomic E-state index is 13.8. The molecule has 1 aromatic rings. The first-order chi connectivity index (χ1) is 13.0. The molecule has 1 aliphatic rings. The lowest BCUT2D eigenvalue weighted by Crippen LogP contribution is -2.47. The number of carbonyl (C=O) groups is 3. The van der Waals surface area contributed by atoms with E-state index in [1.807, 2.05) is 20.8 Å². The summed E-state index contributed by atoms with van der Waals surface area (Å²) in [6.07, 6.45) is -0.221. The van der Waals surface area contributed by atoms with Gasteiger partial charge in [-0.05, 0) is 52.7 Å². The molecule has 0 aromatic heterocycles. The van der Waals surface area contributed by atoms with Gasteiger partial charge < -0.3 is 15.0 Å². The molecule has 2 amide bonds. The molecule has 1 saturated heterocycles. The quantitative estimate of drug-likeness (QED) is 0.794. The van der Waals surface area contributed by atoms with Crippen molar-refractivity contribution in [1.82, 2.24) is 10.2 Å². The molecule has 2 rings (SSSR count). The van der Waals surface area contributed by atoms with Gasteiger partial charge in [-0.25, -0.2) is 8.78 Å². The second-order valence-electron chi connectivity index (χ2n) is 8.01. The Kier molecular flexibility index (Phi) is 6.74. The van der Waals surface area contributed by atoms with E-state index in [0.717, 1.165) is 12.1 Å². The van der Waals surface area contributed by atoms with Gasteiger partial charge in [0.1, 0.15) is 11.6 Å². The normalized spacial score (nSPS) is 16.4. The average molecular weight is 396 g/mol. The van der Waals surface area contributed by atoms with Crippen LogP contribution in [0.1, 0.15) is 50.9 Å². The molecule has 1 unspecified atom stereocenters. The van der Waals surface area contributed by atoms with E-state index in [1.54, 1.807) is 0 Å². The first-order valence-electron chi connectivity index (χ1n) is 9.25. The Labute approximate surface area is 163 Å². The van der Waals surface area contributed by atoms with Crippen molar-refractivity contribution in [3.63, 3.8) is 0 Å². The van der Waals surface area contributed by atoms with Gasteiger partial charge in [-0.1, -0.05) is 0 Å². The van der Waals surface area contributed by atoms with Crippen molar-refractivity contribution in [3.8, 4) is 0 Å². The molecule has 8 heteroatoms. The molecule has 1 fully saturated rings. The Morgan fingerprint density at radius 3 is 2.32 bits per heavy atom. The summed E-state index contributed by atoms with van der Waals surface area (Å²) in [5, 5.41) is 2.75. The number of benzene rings is 1. The Morgan fingerprint density at radius 1 is 1.18 bits per heavy atom. The van der Waals surface area contributed by atoms with Crippen molar-refractivity contribution in [2.24, 2.45) is 5.92 Å². The summed E-state index contributed by atoms with van der Waals surface area (Å²) in [5.74, 6) is -3.50. The van der Waals surface area contributed by atoms with Gasteiger partial charge in [0, 0.05) is 24.7 Å². The number of rotatable bonds is 4. The second-order valence-corrected chi connectivity index (χ2v) is 8.01. The zero-order valence-electron chi connectivity index (χ0n) is 16.6. The molecule has 28 heavy (non-hydrogen) atoms. The van der Waals surface area contributed by atoms with Crippen LogP contribution in [-0.4, -0.2) is 47.4 Å². The lowest BCUT2D eigenvalue weighted by Gasteiger charge is -2.31. The van der Waals surface area contributed by atoms with Gasteiger partial charge in [-0.15, -0.1) is 0 Å². The van der Waals surface area contributed by atoms with Gasteiger partial charge in [-0.2, -0.15) is 0 Å². The average Bonchev–Trinajstić information content (AvgIpc) is 2.59. The third-order valence-corrected chi connectivity index (χ3v) is 4.44. The van der Waals surface area contributed by atoms with Gasteiger partial charge in [-0.3, -0.25) is 14.4 Å². The van der Waals surface area contributed by atoms with Crippen LogP contribution in [0.15, 0.2) is 18.2 Å². The van der Waals surface area contributed by atoms with Gasteiger partial charge in [0.2, 0.25) is 0 Å². The van der Waals surface area contributed by atoms with Crippen LogP contribution in [0.4, 0.5) is 8.78 Å². The molecule has 6 nitrogen and oxygen atoms in total. The van der Waals surface area contributed by atoms with Gasteiger partial charge in [0.15, 0.2) is 6.10 Å². The lowest BCUT2D eigenvalue weighted by atomic mass is 9.96. The number of nitrogens with zero attached hydrogens (tertiary/aromatic N) is 1. The number of likely N-dealkylation sites (tertiary alicyclic amines) is 1. The minimum atomic E-state index is -0.917. The highest BCUT2D eigenvalue weighted by Gasteiger charge is 2.32. The Bertz CT molecular complexity index is 753.